The summed E-state index contributed by atoms with van der Waals surface area (Å²) in [5, 5.41) is 0. The molecule has 1 aromatic carbocycles. The van der Waals surface area contributed by atoms with Gasteiger partial charge in [0.05, 0.1) is 0 Å². The number of hydrogen-bond acceptors (Lipinski definition) is 0. The van der Waals surface area contributed by atoms with E-state index in [2.05, 4.69) is 43.3 Å². The van der Waals surface area contributed by atoms with Crippen molar-refractivity contribution in [2.75, 3.05) is 0 Å². The van der Waals surface area contributed by atoms with E-state index in [0.717, 1.165) is 6.42 Å². The molecule has 0 bridgehead atoms. The van der Waals surface area contributed by atoms with Crippen molar-refractivity contribution in [1.29, 1.82) is 0 Å². The lowest BCUT2D eigenvalue weighted by Crippen LogP contribution is -2.01. The third-order valence-electron chi connectivity index (χ3n) is 2.21. The smallest absolute Gasteiger partial charge is 0.00636 e. The van der Waals surface area contributed by atoms with Gasteiger partial charge >= 0.3 is 0 Å². The van der Waals surface area contributed by atoms with Crippen LogP contribution in [0.3, 0.4) is 0 Å². The average molecular weight is 143 g/mol. The van der Waals surface area contributed by atoms with Crippen LogP contribution in [0.2, 0.25) is 0 Å². The molecule has 11 heavy (non-hydrogen) atoms. The van der Waals surface area contributed by atoms with Gasteiger partial charge in [0.1, 0.15) is 0 Å². The maximum Gasteiger partial charge on any atom is 0.00636 e. The molecule has 1 atom stereocenters. The molecule has 0 spiro atoms. The second kappa shape index (κ2) is 2.54. The molecule has 0 aromatic heterocycles. The lowest BCUT2D eigenvalue weighted by Gasteiger charge is -2.15. The Hall–Kier alpha value is -1.04. The van der Waals surface area contributed by atoms with Crippen molar-refractivity contribution in [3.63, 3.8) is 0 Å². The Balaban J connectivity index is 2.50. The number of rotatable bonds is 0. The molecule has 0 saturated heterocycles. The number of hydrogen-bond donors (Lipinski definition) is 0. The monoisotopic (exact) mass is 143 g/mol. The quantitative estimate of drug-likeness (QED) is 0.524. The van der Waals surface area contributed by atoms with Crippen molar-refractivity contribution in [3.8, 4) is 0 Å². The van der Waals surface area contributed by atoms with Crippen LogP contribution in [0.4, 0.5) is 0 Å². The van der Waals surface area contributed by atoms with Gasteiger partial charge in [-0.05, 0) is 23.6 Å². The predicted molar refractivity (Wildman–Crippen MR) is 46.4 cm³/mol. The second-order valence-corrected chi connectivity index (χ2v) is 3.00. The highest BCUT2D eigenvalue weighted by atomic mass is 14.1. The van der Waals surface area contributed by atoms with Gasteiger partial charge in [0.25, 0.3) is 0 Å². The molecule has 1 aliphatic rings. The minimum absolute atomic E-state index is 0.486. The summed E-state index contributed by atoms with van der Waals surface area (Å²) in [4.78, 5) is 0. The van der Waals surface area contributed by atoms with E-state index < -0.39 is 0 Å². The van der Waals surface area contributed by atoms with Crippen LogP contribution in [0.1, 0.15) is 24.0 Å². The molecule has 1 radical (unpaired) electrons. The van der Waals surface area contributed by atoms with E-state index in [4.69, 9.17) is 0 Å². The molecule has 0 nitrogen and oxygen atoms in total. The van der Waals surface area contributed by atoms with E-state index in [0.29, 0.717) is 5.92 Å². The van der Waals surface area contributed by atoms with E-state index in [9.17, 15) is 0 Å². The Bertz CT molecular complexity index is 284. The van der Waals surface area contributed by atoms with Crippen LogP contribution in [0.25, 0.3) is 0 Å². The second-order valence-electron chi connectivity index (χ2n) is 3.00. The summed E-state index contributed by atoms with van der Waals surface area (Å²) in [6, 6.07) is 8.59. The maximum absolute atomic E-state index is 3.31. The van der Waals surface area contributed by atoms with Gasteiger partial charge in [-0.3, -0.25) is 0 Å². The van der Waals surface area contributed by atoms with Gasteiger partial charge in [-0.15, -0.1) is 0 Å². The van der Waals surface area contributed by atoms with Gasteiger partial charge in [-0.2, -0.15) is 0 Å². The molecule has 0 heterocycles. The van der Waals surface area contributed by atoms with Crippen LogP contribution in [0.5, 0.6) is 0 Å². The molecular formula is C11H11. The molecule has 55 valence electrons. The van der Waals surface area contributed by atoms with Crippen LogP contribution < -0.4 is 0 Å². The number of fused-ring (bicyclic) bond motifs is 1. The molecule has 0 heteroatoms. The van der Waals surface area contributed by atoms with Crippen molar-refractivity contribution in [2.24, 2.45) is 0 Å². The highest BCUT2D eigenvalue weighted by Gasteiger charge is 2.09. The molecular weight excluding hydrogens is 132 g/mol. The minimum atomic E-state index is 0.486. The van der Waals surface area contributed by atoms with Crippen LogP contribution in [-0.2, 0) is 6.42 Å². The fourth-order valence-corrected chi connectivity index (χ4v) is 1.58. The standard InChI is InChI=1S/C11H11/c1-9-5-4-7-10-6-2-3-8-11(9)10/h2-4,6,8-9H,7H2,1H3. The fraction of sp³-hybridized carbons (Fsp3) is 0.273. The highest BCUT2D eigenvalue weighted by Crippen LogP contribution is 2.24. The Morgan fingerprint density at radius 3 is 3.00 bits per heavy atom. The van der Waals surface area contributed by atoms with Crippen molar-refractivity contribution in [2.45, 2.75) is 19.3 Å². The third kappa shape index (κ3) is 1.09. The first-order chi connectivity index (χ1) is 5.38. The lowest BCUT2D eigenvalue weighted by atomic mass is 9.89. The number of benzene rings is 1. The molecule has 0 aliphatic heterocycles. The zero-order chi connectivity index (χ0) is 7.68. The van der Waals surface area contributed by atoms with Crippen LogP contribution >= 0.6 is 0 Å². The van der Waals surface area contributed by atoms with E-state index in [-0.39, 0.29) is 0 Å². The van der Waals surface area contributed by atoms with Gasteiger partial charge < -0.3 is 0 Å². The third-order valence-corrected chi connectivity index (χ3v) is 2.21. The SMILES string of the molecule is CC1[C]=CCc2ccccc21. The summed E-state index contributed by atoms with van der Waals surface area (Å²) < 4.78 is 0. The summed E-state index contributed by atoms with van der Waals surface area (Å²) in [7, 11) is 0. The van der Waals surface area contributed by atoms with Gasteiger partial charge in [0.15, 0.2) is 0 Å². The van der Waals surface area contributed by atoms with Crippen molar-refractivity contribution in [1.82, 2.24) is 0 Å². The predicted octanol–water partition coefficient (Wildman–Crippen LogP) is 2.71. The maximum atomic E-state index is 3.31. The zero-order valence-corrected chi connectivity index (χ0v) is 6.67. The first-order valence-corrected chi connectivity index (χ1v) is 4.03. The summed E-state index contributed by atoms with van der Waals surface area (Å²) in [5.41, 5.74) is 2.90. The Labute approximate surface area is 67.6 Å². The molecule has 0 fully saturated rings. The summed E-state index contributed by atoms with van der Waals surface area (Å²) in [6.07, 6.45) is 6.50. The first-order valence-electron chi connectivity index (χ1n) is 4.03. The van der Waals surface area contributed by atoms with E-state index >= 15 is 0 Å². The van der Waals surface area contributed by atoms with Gasteiger partial charge in [-0.25, -0.2) is 0 Å². The summed E-state index contributed by atoms with van der Waals surface area (Å²) in [6.45, 7) is 2.19. The van der Waals surface area contributed by atoms with Crippen molar-refractivity contribution < 1.29 is 0 Å². The highest BCUT2D eigenvalue weighted by molar-refractivity contribution is 5.35. The zero-order valence-electron chi connectivity index (χ0n) is 6.67. The first kappa shape index (κ1) is 6.66. The van der Waals surface area contributed by atoms with Gasteiger partial charge in [0.2, 0.25) is 0 Å². The number of allylic oxidation sites excluding steroid dienone is 2. The largest absolute Gasteiger partial charge is 0.0760 e. The molecule has 1 unspecified atom stereocenters. The van der Waals surface area contributed by atoms with Crippen molar-refractivity contribution in [3.05, 3.63) is 47.5 Å². The summed E-state index contributed by atoms with van der Waals surface area (Å²) in [5.74, 6) is 0.486. The van der Waals surface area contributed by atoms with Crippen LogP contribution in [-0.4, -0.2) is 0 Å². The Morgan fingerprint density at radius 2 is 2.18 bits per heavy atom. The Morgan fingerprint density at radius 1 is 1.36 bits per heavy atom. The van der Waals surface area contributed by atoms with E-state index in [1.54, 1.807) is 0 Å². The molecule has 0 saturated carbocycles. The molecule has 1 aliphatic carbocycles. The van der Waals surface area contributed by atoms with Crippen LogP contribution in [0.15, 0.2) is 30.3 Å². The molecule has 0 amide bonds. The van der Waals surface area contributed by atoms with Gasteiger partial charge in [-0.1, -0.05) is 37.3 Å². The topological polar surface area (TPSA) is 0 Å². The van der Waals surface area contributed by atoms with Gasteiger partial charge in [0, 0.05) is 5.92 Å². The van der Waals surface area contributed by atoms with E-state index in [1.807, 2.05) is 0 Å². The normalized spacial score (nSPS) is 21.4. The fourth-order valence-electron chi connectivity index (χ4n) is 1.58. The summed E-state index contributed by atoms with van der Waals surface area (Å²) >= 11 is 0. The van der Waals surface area contributed by atoms with Crippen LogP contribution in [0, 0.1) is 6.08 Å². The Kier molecular flexibility index (Phi) is 1.54. The lowest BCUT2D eigenvalue weighted by molar-refractivity contribution is 0.882. The minimum Gasteiger partial charge on any atom is -0.0760 e. The average Bonchev–Trinajstić information content (AvgIpc) is 2.06. The van der Waals surface area contributed by atoms with E-state index in [1.165, 1.54) is 11.1 Å². The molecule has 2 rings (SSSR count). The molecule has 0 N–H and O–H groups in total. The van der Waals surface area contributed by atoms with Crippen molar-refractivity contribution >= 4 is 0 Å². The molecule has 1 aromatic rings.